The molecule has 23 heavy (non-hydrogen) atoms. The number of benzene rings is 2. The minimum atomic E-state index is -3.72. The number of fused-ring (bicyclic) bond motifs is 2. The van der Waals surface area contributed by atoms with Crippen molar-refractivity contribution in [1.29, 1.82) is 0 Å². The van der Waals surface area contributed by atoms with E-state index in [0.717, 1.165) is 5.52 Å². The average molecular weight is 375 g/mol. The molecule has 3 aromatic rings. The number of rotatable bonds is 1. The maximum absolute atomic E-state index is 12.2. The van der Waals surface area contributed by atoms with Gasteiger partial charge in [0, 0.05) is 44.4 Å². The number of aromatic amines is 1. The highest BCUT2D eigenvalue weighted by Crippen LogP contribution is 2.19. The number of nitro benzene ring substituents is 1. The Labute approximate surface area is 138 Å². The van der Waals surface area contributed by atoms with Gasteiger partial charge in [0.1, 0.15) is 0 Å². The first-order valence-electron chi connectivity index (χ1n) is 6.00. The van der Waals surface area contributed by atoms with Crippen molar-refractivity contribution in [1.82, 2.24) is 4.98 Å². The van der Waals surface area contributed by atoms with Gasteiger partial charge in [0.05, 0.1) is 15.8 Å². The first-order chi connectivity index (χ1) is 10.7. The van der Waals surface area contributed by atoms with Gasteiger partial charge in [-0.05, 0) is 18.2 Å². The first kappa shape index (κ1) is 17.2. The van der Waals surface area contributed by atoms with E-state index in [1.807, 2.05) is 6.07 Å². The van der Waals surface area contributed by atoms with Crippen LogP contribution in [0.3, 0.4) is 0 Å². The highest BCUT2D eigenvalue weighted by molar-refractivity contribution is 8.31. The Morgan fingerprint density at radius 1 is 1.00 bits per heavy atom. The maximum atomic E-state index is 12.2. The third-order valence-electron chi connectivity index (χ3n) is 2.90. The summed E-state index contributed by atoms with van der Waals surface area (Å²) in [6.07, 6.45) is 0. The summed E-state index contributed by atoms with van der Waals surface area (Å²) in [6.45, 7) is 0. The minimum absolute atomic E-state index is 0.0803. The molecule has 120 valence electrons. The second-order valence-corrected chi connectivity index (χ2v) is 8.03. The standard InChI is InChI=1S/C13H8N2O3.Cl2O2S/c16-13-9-3-1-2-4-11(9)14-12-6-5-8(15(17)18)7-10(12)13;1-5(2,3)4/h1-7H,(H,14,16);. The van der Waals surface area contributed by atoms with E-state index < -0.39 is 13.2 Å². The molecule has 0 aliphatic heterocycles. The fourth-order valence-corrected chi connectivity index (χ4v) is 2.02. The molecule has 1 N–H and O–H groups in total. The molecule has 0 saturated heterocycles. The monoisotopic (exact) mass is 374 g/mol. The Morgan fingerprint density at radius 3 is 2.17 bits per heavy atom. The van der Waals surface area contributed by atoms with Crippen LogP contribution in [0.2, 0.25) is 0 Å². The van der Waals surface area contributed by atoms with Gasteiger partial charge >= 0.3 is 8.26 Å². The van der Waals surface area contributed by atoms with Crippen LogP contribution in [0.15, 0.2) is 47.3 Å². The van der Waals surface area contributed by atoms with Crippen molar-refractivity contribution >= 4 is 57.1 Å². The van der Waals surface area contributed by atoms with Gasteiger partial charge < -0.3 is 4.98 Å². The van der Waals surface area contributed by atoms with E-state index in [1.165, 1.54) is 12.1 Å². The van der Waals surface area contributed by atoms with Gasteiger partial charge in [-0.15, -0.1) is 0 Å². The van der Waals surface area contributed by atoms with Gasteiger partial charge in [-0.3, -0.25) is 14.9 Å². The van der Waals surface area contributed by atoms with Crippen molar-refractivity contribution in [3.05, 3.63) is 62.8 Å². The van der Waals surface area contributed by atoms with Crippen LogP contribution >= 0.6 is 21.4 Å². The molecular weight excluding hydrogens is 367 g/mol. The molecule has 0 amide bonds. The molecule has 0 fully saturated rings. The van der Waals surface area contributed by atoms with Gasteiger partial charge in [0.2, 0.25) is 0 Å². The van der Waals surface area contributed by atoms with Crippen molar-refractivity contribution in [2.24, 2.45) is 0 Å². The Hall–Kier alpha value is -2.16. The van der Waals surface area contributed by atoms with E-state index in [2.05, 4.69) is 26.3 Å². The summed E-state index contributed by atoms with van der Waals surface area (Å²) in [5.41, 5.74) is 1.06. The predicted molar refractivity (Wildman–Crippen MR) is 89.4 cm³/mol. The van der Waals surface area contributed by atoms with Crippen LogP contribution in [0.1, 0.15) is 0 Å². The lowest BCUT2D eigenvalue weighted by Crippen LogP contribution is -2.04. The van der Waals surface area contributed by atoms with Crippen LogP contribution in [0, 0.1) is 10.1 Å². The number of non-ortho nitro benzene ring substituents is 1. The lowest BCUT2D eigenvalue weighted by Gasteiger charge is -2.02. The molecule has 1 heterocycles. The molecule has 0 spiro atoms. The van der Waals surface area contributed by atoms with Crippen molar-refractivity contribution in [2.75, 3.05) is 0 Å². The first-order valence-corrected chi connectivity index (χ1v) is 9.14. The predicted octanol–water partition coefficient (Wildman–Crippen LogP) is 3.30. The van der Waals surface area contributed by atoms with Crippen LogP contribution in [-0.4, -0.2) is 18.3 Å². The van der Waals surface area contributed by atoms with Crippen LogP contribution in [-0.2, 0) is 8.26 Å². The summed E-state index contributed by atoms with van der Waals surface area (Å²) in [4.78, 5) is 25.5. The quantitative estimate of drug-likeness (QED) is 0.304. The zero-order valence-corrected chi connectivity index (χ0v) is 13.5. The smallest absolute Gasteiger partial charge is 0.317 e. The number of hydrogen-bond donors (Lipinski definition) is 1. The van der Waals surface area contributed by atoms with E-state index in [1.54, 1.807) is 24.3 Å². The van der Waals surface area contributed by atoms with Gasteiger partial charge in [-0.25, -0.2) is 0 Å². The zero-order chi connectivity index (χ0) is 17.2. The summed E-state index contributed by atoms with van der Waals surface area (Å²) in [6, 6.07) is 11.3. The molecule has 1 aromatic heterocycles. The molecule has 0 aliphatic carbocycles. The highest BCUT2D eigenvalue weighted by Gasteiger charge is 2.10. The highest BCUT2D eigenvalue weighted by atomic mass is 36.0. The largest absolute Gasteiger partial charge is 0.354 e. The Balaban J connectivity index is 0.000000338. The molecule has 0 atom stereocenters. The maximum Gasteiger partial charge on any atom is 0.317 e. The second kappa shape index (κ2) is 6.53. The molecule has 0 bridgehead atoms. The third-order valence-corrected chi connectivity index (χ3v) is 2.90. The number of H-pyrrole nitrogens is 1. The SMILES string of the molecule is O=S(=O)(Cl)Cl.O=c1c2ccccc2[nH]c2ccc([N+](=O)[O-])cc12. The molecule has 0 aliphatic rings. The van der Waals surface area contributed by atoms with E-state index in [9.17, 15) is 14.9 Å². The van der Waals surface area contributed by atoms with Crippen molar-refractivity contribution < 1.29 is 13.3 Å². The molecule has 7 nitrogen and oxygen atoms in total. The number of para-hydroxylation sites is 1. The van der Waals surface area contributed by atoms with Crippen LogP contribution < -0.4 is 5.43 Å². The summed E-state index contributed by atoms with van der Waals surface area (Å²) in [5, 5.41) is 11.6. The number of halogens is 2. The van der Waals surface area contributed by atoms with Crippen LogP contribution in [0.4, 0.5) is 5.69 Å². The third kappa shape index (κ3) is 4.41. The second-order valence-electron chi connectivity index (χ2n) is 4.37. The lowest BCUT2D eigenvalue weighted by molar-refractivity contribution is -0.384. The number of pyridine rings is 1. The van der Waals surface area contributed by atoms with E-state index in [4.69, 9.17) is 8.42 Å². The molecule has 10 heteroatoms. The Kier molecular flexibility index (Phi) is 4.88. The molecule has 0 unspecified atom stereocenters. The summed E-state index contributed by atoms with van der Waals surface area (Å²) < 4.78 is 18.3. The molecule has 2 aromatic carbocycles. The number of nitrogens with one attached hydrogen (secondary N) is 1. The lowest BCUT2D eigenvalue weighted by atomic mass is 10.1. The minimum Gasteiger partial charge on any atom is -0.354 e. The average Bonchev–Trinajstić information content (AvgIpc) is 2.45. The zero-order valence-electron chi connectivity index (χ0n) is 11.2. The summed E-state index contributed by atoms with van der Waals surface area (Å²) in [7, 11) is 4.81. The van der Waals surface area contributed by atoms with Crippen molar-refractivity contribution in [3.8, 4) is 0 Å². The topological polar surface area (TPSA) is 110 Å². The molecular formula is C13H8Cl2N2O5S. The van der Waals surface area contributed by atoms with E-state index in [0.29, 0.717) is 16.3 Å². The van der Waals surface area contributed by atoms with Gasteiger partial charge in [-0.2, -0.15) is 8.42 Å². The van der Waals surface area contributed by atoms with Crippen LogP contribution in [0.5, 0.6) is 0 Å². The van der Waals surface area contributed by atoms with Gasteiger partial charge in [0.15, 0.2) is 5.43 Å². The van der Waals surface area contributed by atoms with Crippen molar-refractivity contribution in [3.63, 3.8) is 0 Å². The number of nitro groups is 1. The van der Waals surface area contributed by atoms with Gasteiger partial charge in [-0.1, -0.05) is 12.1 Å². The summed E-state index contributed by atoms with van der Waals surface area (Å²) in [5.74, 6) is 0. The normalized spacial score (nSPS) is 11.0. The fourth-order valence-electron chi connectivity index (χ4n) is 2.02. The number of hydrogen-bond acceptors (Lipinski definition) is 5. The molecule has 0 saturated carbocycles. The summed E-state index contributed by atoms with van der Waals surface area (Å²) >= 11 is 0. The fraction of sp³-hybridized carbons (Fsp3) is 0. The van der Waals surface area contributed by atoms with E-state index in [-0.39, 0.29) is 11.1 Å². The van der Waals surface area contributed by atoms with E-state index >= 15 is 0 Å². The number of nitrogens with zero attached hydrogens (tertiary/aromatic N) is 1. The Morgan fingerprint density at radius 2 is 1.57 bits per heavy atom. The molecule has 3 rings (SSSR count). The van der Waals surface area contributed by atoms with Gasteiger partial charge in [0.25, 0.3) is 5.69 Å². The Bertz CT molecular complexity index is 1050. The number of aromatic nitrogens is 1. The molecule has 0 radical (unpaired) electrons. The van der Waals surface area contributed by atoms with Crippen molar-refractivity contribution in [2.45, 2.75) is 0 Å². The van der Waals surface area contributed by atoms with Crippen LogP contribution in [0.25, 0.3) is 21.8 Å².